The summed E-state index contributed by atoms with van der Waals surface area (Å²) in [6, 6.07) is 2.11. The maximum Gasteiger partial charge on any atom is 0.315 e. The summed E-state index contributed by atoms with van der Waals surface area (Å²) in [6.45, 7) is 2.23. The first-order valence-corrected chi connectivity index (χ1v) is 7.81. The Morgan fingerprint density at radius 1 is 1.47 bits per heavy atom. The van der Waals surface area contributed by atoms with E-state index in [1.165, 1.54) is 30.6 Å². The van der Waals surface area contributed by atoms with Crippen molar-refractivity contribution in [1.29, 1.82) is 0 Å². The predicted octanol–water partition coefficient (Wildman–Crippen LogP) is 2.72. The molecule has 0 bridgehead atoms. The van der Waals surface area contributed by atoms with Gasteiger partial charge in [-0.3, -0.25) is 0 Å². The number of nitrogens with one attached hydrogen (secondary N) is 2. The molecule has 0 aromatic carbocycles. The highest BCUT2D eigenvalue weighted by Gasteiger charge is 2.17. The molecule has 1 heterocycles. The summed E-state index contributed by atoms with van der Waals surface area (Å²) in [4.78, 5) is 12.7. The second-order valence-electron chi connectivity index (χ2n) is 5.17. The van der Waals surface area contributed by atoms with Crippen LogP contribution in [-0.4, -0.2) is 23.7 Å². The van der Waals surface area contributed by atoms with Crippen molar-refractivity contribution in [3.63, 3.8) is 0 Å². The summed E-state index contributed by atoms with van der Waals surface area (Å²) in [5.41, 5.74) is 1.08. The normalized spacial score (nSPS) is 18.0. The Morgan fingerprint density at radius 3 is 2.84 bits per heavy atom. The zero-order valence-corrected chi connectivity index (χ0v) is 12.1. The van der Waals surface area contributed by atoms with Crippen molar-refractivity contribution >= 4 is 17.4 Å². The fourth-order valence-corrected chi connectivity index (χ4v) is 3.40. The minimum atomic E-state index is -0.614. The fraction of sp³-hybridized carbons (Fsp3) is 0.643. The first-order valence-electron chi connectivity index (χ1n) is 6.93. The Hall–Kier alpha value is -1.07. The van der Waals surface area contributed by atoms with E-state index in [4.69, 9.17) is 0 Å². The number of amides is 2. The fourth-order valence-electron chi connectivity index (χ4n) is 2.49. The van der Waals surface area contributed by atoms with Crippen LogP contribution in [0.15, 0.2) is 11.4 Å². The first-order chi connectivity index (χ1) is 9.16. The predicted molar refractivity (Wildman–Crippen MR) is 77.4 cm³/mol. The van der Waals surface area contributed by atoms with Crippen molar-refractivity contribution in [1.82, 2.24) is 10.6 Å². The Balaban J connectivity index is 1.72. The van der Waals surface area contributed by atoms with E-state index >= 15 is 0 Å². The lowest BCUT2D eigenvalue weighted by Gasteiger charge is -2.23. The van der Waals surface area contributed by atoms with Gasteiger partial charge in [0.2, 0.25) is 0 Å². The highest BCUT2D eigenvalue weighted by atomic mass is 32.1. The number of aliphatic hydroxyl groups is 1. The van der Waals surface area contributed by atoms with Crippen LogP contribution in [0.1, 0.15) is 48.6 Å². The minimum absolute atomic E-state index is 0.167. The van der Waals surface area contributed by atoms with E-state index in [1.54, 1.807) is 0 Å². The van der Waals surface area contributed by atoms with E-state index in [1.807, 2.05) is 18.4 Å². The number of aliphatic hydroxyl groups excluding tert-OH is 1. The lowest BCUT2D eigenvalue weighted by Crippen LogP contribution is -2.44. The zero-order valence-electron chi connectivity index (χ0n) is 11.3. The number of rotatable bonds is 4. The monoisotopic (exact) mass is 282 g/mol. The third-order valence-corrected chi connectivity index (χ3v) is 4.72. The molecule has 0 spiro atoms. The molecule has 1 aliphatic carbocycles. The van der Waals surface area contributed by atoms with Crippen LogP contribution >= 0.6 is 11.3 Å². The topological polar surface area (TPSA) is 61.4 Å². The Bertz CT molecular complexity index is 413. The van der Waals surface area contributed by atoms with Gasteiger partial charge in [0.05, 0.1) is 6.54 Å². The van der Waals surface area contributed by atoms with Crippen LogP contribution in [-0.2, 0) is 0 Å². The van der Waals surface area contributed by atoms with Gasteiger partial charge in [-0.15, -0.1) is 11.3 Å². The van der Waals surface area contributed by atoms with Crippen molar-refractivity contribution in [2.45, 2.75) is 51.2 Å². The van der Waals surface area contributed by atoms with Crippen molar-refractivity contribution in [3.8, 4) is 0 Å². The number of aryl methyl sites for hydroxylation is 1. The molecule has 1 aliphatic rings. The zero-order chi connectivity index (χ0) is 13.7. The number of hydrogen-bond acceptors (Lipinski definition) is 3. The molecular weight excluding hydrogens is 260 g/mol. The van der Waals surface area contributed by atoms with Gasteiger partial charge in [0.15, 0.2) is 0 Å². The van der Waals surface area contributed by atoms with Crippen LogP contribution in [0.4, 0.5) is 4.79 Å². The van der Waals surface area contributed by atoms with Crippen LogP contribution < -0.4 is 10.6 Å². The molecule has 0 unspecified atom stereocenters. The van der Waals surface area contributed by atoms with Crippen LogP contribution in [0, 0.1) is 6.92 Å². The van der Waals surface area contributed by atoms with E-state index in [0.717, 1.165) is 23.3 Å². The van der Waals surface area contributed by atoms with E-state index in [-0.39, 0.29) is 12.6 Å². The molecule has 1 aromatic rings. The van der Waals surface area contributed by atoms with Gasteiger partial charge >= 0.3 is 6.03 Å². The minimum Gasteiger partial charge on any atom is -0.386 e. The van der Waals surface area contributed by atoms with Crippen LogP contribution in [0.25, 0.3) is 0 Å². The molecular formula is C14H22N2O2S. The summed E-state index contributed by atoms with van der Waals surface area (Å²) in [6.07, 6.45) is 5.19. The third kappa shape index (κ3) is 4.21. The largest absolute Gasteiger partial charge is 0.386 e. The molecule has 2 amide bonds. The number of urea groups is 1. The molecule has 2 rings (SSSR count). The molecule has 1 saturated carbocycles. The first kappa shape index (κ1) is 14.3. The Labute approximate surface area is 118 Å². The van der Waals surface area contributed by atoms with Crippen LogP contribution in [0.3, 0.4) is 0 Å². The molecule has 0 saturated heterocycles. The molecule has 1 fully saturated rings. The van der Waals surface area contributed by atoms with E-state index in [9.17, 15) is 9.90 Å². The second kappa shape index (κ2) is 6.91. The molecule has 0 aliphatic heterocycles. The van der Waals surface area contributed by atoms with Crippen molar-refractivity contribution < 1.29 is 9.90 Å². The average Bonchev–Trinajstić information content (AvgIpc) is 2.83. The summed E-state index contributed by atoms with van der Waals surface area (Å²) < 4.78 is 0. The van der Waals surface area contributed by atoms with E-state index < -0.39 is 6.10 Å². The summed E-state index contributed by atoms with van der Waals surface area (Å²) in [5.74, 6) is 0. The average molecular weight is 282 g/mol. The Morgan fingerprint density at radius 2 is 2.21 bits per heavy atom. The van der Waals surface area contributed by atoms with Crippen molar-refractivity contribution in [2.24, 2.45) is 0 Å². The highest BCUT2D eigenvalue weighted by Crippen LogP contribution is 2.23. The van der Waals surface area contributed by atoms with Crippen LogP contribution in [0.5, 0.6) is 0 Å². The molecule has 1 atom stereocenters. The number of carbonyl (C=O) groups excluding carboxylic acids is 1. The lowest BCUT2D eigenvalue weighted by atomic mass is 9.96. The van der Waals surface area contributed by atoms with E-state index in [0.29, 0.717) is 6.04 Å². The molecule has 0 radical (unpaired) electrons. The van der Waals surface area contributed by atoms with Gasteiger partial charge in [0.1, 0.15) is 6.10 Å². The lowest BCUT2D eigenvalue weighted by molar-refractivity contribution is 0.174. The van der Waals surface area contributed by atoms with Gasteiger partial charge in [0.25, 0.3) is 0 Å². The summed E-state index contributed by atoms with van der Waals surface area (Å²) in [5, 5.41) is 17.7. The quantitative estimate of drug-likeness (QED) is 0.795. The van der Waals surface area contributed by atoms with Gasteiger partial charge in [-0.2, -0.15) is 0 Å². The van der Waals surface area contributed by atoms with Gasteiger partial charge in [-0.25, -0.2) is 4.79 Å². The molecule has 3 N–H and O–H groups in total. The Kier molecular flexibility index (Phi) is 5.22. The highest BCUT2D eigenvalue weighted by molar-refractivity contribution is 7.10. The molecule has 5 heteroatoms. The number of carbonyl (C=O) groups is 1. The van der Waals surface area contributed by atoms with E-state index in [2.05, 4.69) is 10.6 Å². The number of thiophene rings is 1. The molecule has 106 valence electrons. The van der Waals surface area contributed by atoms with Crippen molar-refractivity contribution in [3.05, 3.63) is 21.9 Å². The standard InChI is InChI=1S/C14H22N2O2S/c1-10-7-8-19-13(10)12(17)9-15-14(18)16-11-5-3-2-4-6-11/h7-8,11-12,17H,2-6,9H2,1H3,(H2,15,16,18)/t12-/m1/s1. The second-order valence-corrected chi connectivity index (χ2v) is 6.12. The SMILES string of the molecule is Cc1ccsc1[C@H](O)CNC(=O)NC1CCCCC1. The summed E-state index contributed by atoms with van der Waals surface area (Å²) in [7, 11) is 0. The molecule has 1 aromatic heterocycles. The van der Waals surface area contributed by atoms with Gasteiger partial charge in [-0.1, -0.05) is 19.3 Å². The van der Waals surface area contributed by atoms with Gasteiger partial charge in [0, 0.05) is 10.9 Å². The smallest absolute Gasteiger partial charge is 0.315 e. The molecule has 4 nitrogen and oxygen atoms in total. The summed E-state index contributed by atoms with van der Waals surface area (Å²) >= 11 is 1.52. The van der Waals surface area contributed by atoms with Gasteiger partial charge < -0.3 is 15.7 Å². The maximum atomic E-state index is 11.7. The van der Waals surface area contributed by atoms with Crippen molar-refractivity contribution in [2.75, 3.05) is 6.54 Å². The third-order valence-electron chi connectivity index (χ3n) is 3.60. The van der Waals surface area contributed by atoms with Crippen LogP contribution in [0.2, 0.25) is 0 Å². The molecule has 19 heavy (non-hydrogen) atoms. The maximum absolute atomic E-state index is 11.7. The number of hydrogen-bond donors (Lipinski definition) is 3. The van der Waals surface area contributed by atoms with Gasteiger partial charge in [-0.05, 0) is 36.8 Å².